The van der Waals surface area contributed by atoms with Gasteiger partial charge in [0.05, 0.1) is 0 Å². The first-order valence-corrected chi connectivity index (χ1v) is 7.09. The van der Waals surface area contributed by atoms with Gasteiger partial charge in [-0.1, -0.05) is 26.8 Å². The van der Waals surface area contributed by atoms with Crippen LogP contribution in [-0.4, -0.2) is 29.6 Å². The van der Waals surface area contributed by atoms with Gasteiger partial charge in [0, 0.05) is 24.1 Å². The van der Waals surface area contributed by atoms with E-state index in [1.165, 1.54) is 42.4 Å². The smallest absolute Gasteiger partial charge is 0.673 e. The largest absolute Gasteiger partial charge is 4.00 e. The van der Waals surface area contributed by atoms with Crippen LogP contribution in [0, 0.1) is 14.9 Å². The van der Waals surface area contributed by atoms with Crippen molar-refractivity contribution in [1.29, 1.82) is 0 Å². The maximum absolute atomic E-state index is 6.94. The van der Waals surface area contributed by atoms with E-state index in [4.69, 9.17) is 5.73 Å². The summed E-state index contributed by atoms with van der Waals surface area (Å²) in [5, 5.41) is 2.78. The Morgan fingerprint density at radius 3 is 2.09 bits per heavy atom. The Labute approximate surface area is 163 Å². The molecule has 2 aromatic rings. The summed E-state index contributed by atoms with van der Waals surface area (Å²) >= 11 is 0. The predicted octanol–water partition coefficient (Wildman–Crippen LogP) is 5.51. The van der Waals surface area contributed by atoms with Gasteiger partial charge < -0.3 is 25.5 Å². The number of nitrogens with zero attached hydrogens (tertiary/aromatic N) is 1. The number of nitrogens with one attached hydrogen (secondary N) is 1. The fourth-order valence-corrected chi connectivity index (χ4v) is 2.38. The third-order valence-electron chi connectivity index (χ3n) is 3.10. The summed E-state index contributed by atoms with van der Waals surface area (Å²) in [4.78, 5) is 2.50. The zero-order chi connectivity index (χ0) is 13.9. The second-order valence-electron chi connectivity index (χ2n) is 6.25. The third-order valence-corrected chi connectivity index (χ3v) is 3.10. The molecule has 124 valence electrons. The van der Waals surface area contributed by atoms with Crippen molar-refractivity contribution in [3.63, 3.8) is 0 Å². The standard InChI is InChI=1S/C13H14N.C4H10N.2CH3.Si.Ti/c1-2-10-14(9-1)13-8-4-6-11-5-3-7-12(11)13;1-4(2,3)5;;;;/h3-8H,1-2,9-10H2;5H,1-3H3;2*1H3;;/q4*-1;;+4. The molecule has 2 aromatic carbocycles. The van der Waals surface area contributed by atoms with Crippen LogP contribution in [0.5, 0.6) is 0 Å². The first-order chi connectivity index (χ1) is 8.95. The van der Waals surface area contributed by atoms with Gasteiger partial charge in [0.2, 0.25) is 0 Å². The van der Waals surface area contributed by atoms with Crippen LogP contribution in [0.25, 0.3) is 16.5 Å². The molecule has 0 spiro atoms. The van der Waals surface area contributed by atoms with Crippen LogP contribution in [0.15, 0.2) is 36.4 Å². The number of hydrogen-bond donors (Lipinski definition) is 0. The van der Waals surface area contributed by atoms with Gasteiger partial charge in [-0.15, -0.1) is 34.5 Å². The second kappa shape index (κ2) is 12.0. The summed E-state index contributed by atoms with van der Waals surface area (Å²) in [6.07, 6.45) is 2.69. The summed E-state index contributed by atoms with van der Waals surface area (Å²) in [7, 11) is 0. The monoisotopic (exact) mass is 362 g/mol. The number of rotatable bonds is 1. The molecule has 4 radical (unpaired) electrons. The van der Waals surface area contributed by atoms with Crippen molar-refractivity contribution in [2.45, 2.75) is 39.2 Å². The molecule has 0 amide bonds. The summed E-state index contributed by atoms with van der Waals surface area (Å²) in [6.45, 7) is 8.02. The topological polar surface area (TPSA) is 27.0 Å². The van der Waals surface area contributed by atoms with Crippen LogP contribution < -0.4 is 4.90 Å². The van der Waals surface area contributed by atoms with Crippen LogP contribution in [0.1, 0.15) is 33.6 Å². The van der Waals surface area contributed by atoms with E-state index in [2.05, 4.69) is 41.3 Å². The maximum Gasteiger partial charge on any atom is 4.00 e. The molecule has 0 aliphatic carbocycles. The van der Waals surface area contributed by atoms with Gasteiger partial charge in [-0.05, 0) is 18.5 Å². The number of benzene rings is 1. The van der Waals surface area contributed by atoms with Crippen LogP contribution in [0.3, 0.4) is 0 Å². The van der Waals surface area contributed by atoms with Crippen LogP contribution in [0.4, 0.5) is 5.69 Å². The van der Waals surface area contributed by atoms with Crippen molar-refractivity contribution in [2.75, 3.05) is 18.0 Å². The fourth-order valence-electron chi connectivity index (χ4n) is 2.38. The van der Waals surface area contributed by atoms with Gasteiger partial charge >= 0.3 is 21.7 Å². The third kappa shape index (κ3) is 8.80. The minimum atomic E-state index is -0.250. The number of fused-ring (bicyclic) bond motifs is 1. The van der Waals surface area contributed by atoms with E-state index < -0.39 is 0 Å². The normalized spacial score (nSPS) is 12.8. The van der Waals surface area contributed by atoms with Gasteiger partial charge in [-0.25, -0.2) is 0 Å². The van der Waals surface area contributed by atoms with E-state index in [-0.39, 0.29) is 53.1 Å². The van der Waals surface area contributed by atoms with Gasteiger partial charge in [-0.2, -0.15) is 12.1 Å². The Kier molecular flexibility index (Phi) is 14.2. The Morgan fingerprint density at radius 1 is 1.04 bits per heavy atom. The van der Waals surface area contributed by atoms with Gasteiger partial charge in [0.25, 0.3) is 0 Å². The average Bonchev–Trinajstić information content (AvgIpc) is 2.97. The molecule has 2 nitrogen and oxygen atoms in total. The van der Waals surface area contributed by atoms with Gasteiger partial charge in [0.1, 0.15) is 0 Å². The molecule has 1 saturated heterocycles. The van der Waals surface area contributed by atoms with Crippen molar-refractivity contribution in [2.24, 2.45) is 0 Å². The van der Waals surface area contributed by atoms with Crippen molar-refractivity contribution < 1.29 is 21.7 Å². The maximum atomic E-state index is 6.94. The minimum absolute atomic E-state index is 0. The fraction of sp³-hybridized carbons (Fsp3) is 0.421. The molecule has 0 aromatic heterocycles. The summed E-state index contributed by atoms with van der Waals surface area (Å²) < 4.78 is 0. The second-order valence-corrected chi connectivity index (χ2v) is 6.25. The Bertz CT molecular complexity index is 519. The molecule has 1 fully saturated rings. The van der Waals surface area contributed by atoms with E-state index in [0.29, 0.717) is 0 Å². The Hall–Kier alpha value is -0.479. The molecular formula is C19H30N2SiTi. The van der Waals surface area contributed by atoms with Gasteiger partial charge in [0.15, 0.2) is 0 Å². The van der Waals surface area contributed by atoms with E-state index in [1.807, 2.05) is 20.8 Å². The van der Waals surface area contributed by atoms with Crippen molar-refractivity contribution in [3.05, 3.63) is 57.0 Å². The molecule has 0 atom stereocenters. The quantitative estimate of drug-likeness (QED) is 0.485. The first-order valence-electron chi connectivity index (χ1n) is 7.09. The SMILES string of the molecule is CC(C)(C)[NH-].[CH3-].[CH3-].[Si].[Ti+4].c1cc(N2CCCC2)c2cc[cH-]c2c1. The minimum Gasteiger partial charge on any atom is -0.673 e. The first kappa shape index (κ1) is 27.4. The molecule has 0 bridgehead atoms. The zero-order valence-electron chi connectivity index (χ0n) is 15.2. The average molecular weight is 362 g/mol. The summed E-state index contributed by atoms with van der Waals surface area (Å²) in [5.41, 5.74) is 8.11. The van der Waals surface area contributed by atoms with Gasteiger partial charge in [-0.3, -0.25) is 0 Å². The van der Waals surface area contributed by atoms with Crippen molar-refractivity contribution in [1.82, 2.24) is 0 Å². The van der Waals surface area contributed by atoms with E-state index in [9.17, 15) is 0 Å². The van der Waals surface area contributed by atoms with Crippen LogP contribution in [-0.2, 0) is 21.7 Å². The van der Waals surface area contributed by atoms with E-state index in [1.54, 1.807) is 0 Å². The summed E-state index contributed by atoms with van der Waals surface area (Å²) in [6, 6.07) is 13.2. The molecule has 23 heavy (non-hydrogen) atoms. The summed E-state index contributed by atoms with van der Waals surface area (Å²) in [5.74, 6) is 0. The molecule has 0 saturated carbocycles. The predicted molar refractivity (Wildman–Crippen MR) is 104 cm³/mol. The van der Waals surface area contributed by atoms with Crippen molar-refractivity contribution >= 4 is 27.4 Å². The molecular weight excluding hydrogens is 332 g/mol. The van der Waals surface area contributed by atoms with Crippen LogP contribution in [0.2, 0.25) is 0 Å². The zero-order valence-corrected chi connectivity index (χ0v) is 17.8. The molecule has 1 aliphatic heterocycles. The Morgan fingerprint density at radius 2 is 1.57 bits per heavy atom. The molecule has 3 rings (SSSR count). The molecule has 1 heterocycles. The van der Waals surface area contributed by atoms with Crippen LogP contribution >= 0.6 is 0 Å². The van der Waals surface area contributed by atoms with E-state index in [0.717, 1.165) is 0 Å². The molecule has 1 aliphatic rings. The number of anilines is 1. The Balaban J connectivity index is -0.000000400. The van der Waals surface area contributed by atoms with E-state index >= 15 is 0 Å². The number of hydrogen-bond acceptors (Lipinski definition) is 1. The van der Waals surface area contributed by atoms with Crippen molar-refractivity contribution in [3.8, 4) is 0 Å². The molecule has 4 heteroatoms. The molecule has 0 unspecified atom stereocenters. The molecule has 1 N–H and O–H groups in total.